The Balaban J connectivity index is 2.45. The fraction of sp³-hybridized carbons (Fsp3) is 0.500. The smallest absolute Gasteiger partial charge is 0.309 e. The van der Waals surface area contributed by atoms with Gasteiger partial charge in [0.05, 0.1) is 6.54 Å². The van der Waals surface area contributed by atoms with E-state index in [2.05, 4.69) is 10.6 Å². The van der Waals surface area contributed by atoms with Gasteiger partial charge in [0, 0.05) is 11.4 Å². The van der Waals surface area contributed by atoms with Crippen molar-refractivity contribution in [2.75, 3.05) is 13.1 Å². The van der Waals surface area contributed by atoms with Crippen LogP contribution in [0.15, 0.2) is 17.5 Å². The molecule has 1 heterocycles. The number of hydrogen-bond acceptors (Lipinski definition) is 4. The molecular weight excluding hydrogens is 252 g/mol. The average Bonchev–Trinajstić information content (AvgIpc) is 2.87. The first-order valence-corrected chi connectivity index (χ1v) is 6.67. The molecule has 0 radical (unpaired) electrons. The number of carbonyl (C=O) groups excluding carboxylic acids is 2. The van der Waals surface area contributed by atoms with Crippen molar-refractivity contribution in [1.29, 1.82) is 0 Å². The average molecular weight is 270 g/mol. The zero-order valence-electron chi connectivity index (χ0n) is 10.5. The quantitative estimate of drug-likeness (QED) is 0.686. The summed E-state index contributed by atoms with van der Waals surface area (Å²) in [5.74, 6) is -1.39. The van der Waals surface area contributed by atoms with Crippen LogP contribution in [0.3, 0.4) is 0 Å². The molecule has 6 heteroatoms. The van der Waals surface area contributed by atoms with Crippen molar-refractivity contribution < 1.29 is 14.7 Å². The molecule has 1 aromatic heterocycles. The third-order valence-corrected chi connectivity index (χ3v) is 3.51. The minimum Gasteiger partial charge on any atom is -0.383 e. The van der Waals surface area contributed by atoms with Crippen LogP contribution in [0, 0.1) is 0 Å². The molecule has 1 unspecified atom stereocenters. The van der Waals surface area contributed by atoms with Gasteiger partial charge in [-0.15, -0.1) is 11.3 Å². The van der Waals surface area contributed by atoms with Crippen LogP contribution in [0.2, 0.25) is 0 Å². The SMILES string of the molecule is CCCNC(=O)C(=O)NCC(C)(O)c1cccs1. The number of rotatable bonds is 5. The molecule has 5 nitrogen and oxygen atoms in total. The summed E-state index contributed by atoms with van der Waals surface area (Å²) in [4.78, 5) is 23.5. The van der Waals surface area contributed by atoms with Crippen LogP contribution < -0.4 is 10.6 Å². The highest BCUT2D eigenvalue weighted by atomic mass is 32.1. The van der Waals surface area contributed by atoms with Crippen molar-refractivity contribution >= 4 is 23.2 Å². The van der Waals surface area contributed by atoms with E-state index < -0.39 is 17.4 Å². The molecule has 0 aromatic carbocycles. The minimum absolute atomic E-state index is 0.00584. The van der Waals surface area contributed by atoms with Crippen LogP contribution in [0.1, 0.15) is 25.1 Å². The van der Waals surface area contributed by atoms with Gasteiger partial charge in [-0.25, -0.2) is 0 Å². The van der Waals surface area contributed by atoms with Crippen molar-refractivity contribution in [3.05, 3.63) is 22.4 Å². The van der Waals surface area contributed by atoms with Gasteiger partial charge in [0.25, 0.3) is 0 Å². The molecule has 0 aliphatic rings. The lowest BCUT2D eigenvalue weighted by atomic mass is 10.1. The normalized spacial score (nSPS) is 13.7. The largest absolute Gasteiger partial charge is 0.383 e. The number of carbonyl (C=O) groups is 2. The van der Waals surface area contributed by atoms with Crippen LogP contribution >= 0.6 is 11.3 Å². The summed E-state index contributed by atoms with van der Waals surface area (Å²) in [5, 5.41) is 16.9. The predicted octanol–water partition coefficient (Wildman–Crippen LogP) is 0.598. The van der Waals surface area contributed by atoms with E-state index in [0.29, 0.717) is 6.54 Å². The van der Waals surface area contributed by atoms with Gasteiger partial charge in [-0.3, -0.25) is 9.59 Å². The third-order valence-electron chi connectivity index (χ3n) is 2.39. The van der Waals surface area contributed by atoms with E-state index in [-0.39, 0.29) is 6.54 Å². The van der Waals surface area contributed by atoms with Gasteiger partial charge in [0.15, 0.2) is 0 Å². The number of thiophene rings is 1. The van der Waals surface area contributed by atoms with E-state index >= 15 is 0 Å². The van der Waals surface area contributed by atoms with Crippen molar-refractivity contribution in [2.24, 2.45) is 0 Å². The highest BCUT2D eigenvalue weighted by molar-refractivity contribution is 7.10. The molecule has 1 atom stereocenters. The fourth-order valence-electron chi connectivity index (χ4n) is 1.32. The minimum atomic E-state index is -1.16. The number of amides is 2. The number of aliphatic hydroxyl groups is 1. The van der Waals surface area contributed by atoms with Gasteiger partial charge < -0.3 is 15.7 Å². The van der Waals surface area contributed by atoms with E-state index in [1.54, 1.807) is 13.0 Å². The Morgan fingerprint density at radius 2 is 2.06 bits per heavy atom. The summed E-state index contributed by atoms with van der Waals surface area (Å²) in [7, 11) is 0. The lowest BCUT2D eigenvalue weighted by Crippen LogP contribution is -2.45. The van der Waals surface area contributed by atoms with Gasteiger partial charge in [-0.1, -0.05) is 13.0 Å². The molecule has 2 amide bonds. The lowest BCUT2D eigenvalue weighted by molar-refractivity contribution is -0.139. The summed E-state index contributed by atoms with van der Waals surface area (Å²) in [6.07, 6.45) is 0.770. The van der Waals surface area contributed by atoms with Gasteiger partial charge >= 0.3 is 11.8 Å². The summed E-state index contributed by atoms with van der Waals surface area (Å²) >= 11 is 1.40. The van der Waals surface area contributed by atoms with E-state index in [1.165, 1.54) is 11.3 Å². The topological polar surface area (TPSA) is 78.4 Å². The first kappa shape index (κ1) is 14.7. The second kappa shape index (κ2) is 6.51. The molecule has 18 heavy (non-hydrogen) atoms. The molecule has 0 fully saturated rings. The zero-order chi connectivity index (χ0) is 13.6. The monoisotopic (exact) mass is 270 g/mol. The van der Waals surface area contributed by atoms with Crippen LogP contribution in [0.5, 0.6) is 0 Å². The predicted molar refractivity (Wildman–Crippen MR) is 70.2 cm³/mol. The zero-order valence-corrected chi connectivity index (χ0v) is 11.3. The van der Waals surface area contributed by atoms with Crippen LogP contribution in [0.25, 0.3) is 0 Å². The maximum absolute atomic E-state index is 11.4. The van der Waals surface area contributed by atoms with Gasteiger partial charge in [-0.2, -0.15) is 0 Å². The van der Waals surface area contributed by atoms with Crippen molar-refractivity contribution in [2.45, 2.75) is 25.9 Å². The number of nitrogens with one attached hydrogen (secondary N) is 2. The second-order valence-electron chi connectivity index (χ2n) is 4.19. The van der Waals surface area contributed by atoms with Gasteiger partial charge in [-0.05, 0) is 24.8 Å². The third kappa shape index (κ3) is 4.12. The molecular formula is C12H18N2O3S. The summed E-state index contributed by atoms with van der Waals surface area (Å²) in [5.41, 5.74) is -1.16. The second-order valence-corrected chi connectivity index (χ2v) is 5.14. The van der Waals surface area contributed by atoms with E-state index in [9.17, 15) is 14.7 Å². The molecule has 3 N–H and O–H groups in total. The molecule has 100 valence electrons. The molecule has 1 rings (SSSR count). The first-order valence-electron chi connectivity index (χ1n) is 5.79. The van der Waals surface area contributed by atoms with Gasteiger partial charge in [0.1, 0.15) is 5.60 Å². The standard InChI is InChI=1S/C12H18N2O3S/c1-3-6-13-10(15)11(16)14-8-12(2,17)9-5-4-7-18-9/h4-5,7,17H,3,6,8H2,1-2H3,(H,13,15)(H,14,16). The van der Waals surface area contributed by atoms with Crippen molar-refractivity contribution in [3.63, 3.8) is 0 Å². The van der Waals surface area contributed by atoms with Crippen LogP contribution in [-0.2, 0) is 15.2 Å². The Morgan fingerprint density at radius 1 is 1.39 bits per heavy atom. The van der Waals surface area contributed by atoms with Crippen LogP contribution in [0.4, 0.5) is 0 Å². The van der Waals surface area contributed by atoms with E-state index in [4.69, 9.17) is 0 Å². The molecule has 0 bridgehead atoms. The summed E-state index contributed by atoms with van der Waals surface area (Å²) in [6, 6.07) is 3.61. The van der Waals surface area contributed by atoms with Crippen molar-refractivity contribution in [3.8, 4) is 0 Å². The Labute approximate surface area is 110 Å². The summed E-state index contributed by atoms with van der Waals surface area (Å²) < 4.78 is 0. The highest BCUT2D eigenvalue weighted by Crippen LogP contribution is 2.24. The molecule has 0 aliphatic carbocycles. The Bertz CT molecular complexity index is 401. The lowest BCUT2D eigenvalue weighted by Gasteiger charge is -2.22. The van der Waals surface area contributed by atoms with E-state index in [1.807, 2.05) is 18.4 Å². The Kier molecular flexibility index (Phi) is 5.30. The Morgan fingerprint density at radius 3 is 2.61 bits per heavy atom. The van der Waals surface area contributed by atoms with E-state index in [0.717, 1.165) is 11.3 Å². The maximum Gasteiger partial charge on any atom is 0.309 e. The fourth-order valence-corrected chi connectivity index (χ4v) is 2.11. The summed E-state index contributed by atoms with van der Waals surface area (Å²) in [6.45, 7) is 3.97. The molecule has 1 aromatic rings. The van der Waals surface area contributed by atoms with Crippen LogP contribution in [-0.4, -0.2) is 30.0 Å². The number of hydrogen-bond donors (Lipinski definition) is 3. The molecule has 0 aliphatic heterocycles. The van der Waals surface area contributed by atoms with Crippen molar-refractivity contribution in [1.82, 2.24) is 10.6 Å². The molecule has 0 saturated heterocycles. The Hall–Kier alpha value is -1.40. The first-order chi connectivity index (χ1) is 8.47. The maximum atomic E-state index is 11.4. The highest BCUT2D eigenvalue weighted by Gasteiger charge is 2.26. The molecule has 0 saturated carbocycles. The van der Waals surface area contributed by atoms with Gasteiger partial charge in [0.2, 0.25) is 0 Å². The molecule has 0 spiro atoms.